The van der Waals surface area contributed by atoms with Crippen LogP contribution < -0.4 is 19.1 Å². The second-order valence-electron chi connectivity index (χ2n) is 14.5. The van der Waals surface area contributed by atoms with Crippen molar-refractivity contribution in [3.63, 3.8) is 0 Å². The highest BCUT2D eigenvalue weighted by Crippen LogP contribution is 2.42. The van der Waals surface area contributed by atoms with Gasteiger partial charge in [0.1, 0.15) is 11.6 Å². The summed E-state index contributed by atoms with van der Waals surface area (Å²) in [5.74, 6) is -0.367. The van der Waals surface area contributed by atoms with Crippen molar-refractivity contribution in [1.29, 1.82) is 0 Å². The Morgan fingerprint density at radius 3 is 2.46 bits per heavy atom. The molecular formula is C37H47N5O7S3. The van der Waals surface area contributed by atoms with Crippen LogP contribution in [0, 0.1) is 10.8 Å². The number of ether oxygens (including phenoxy) is 1. The quantitative estimate of drug-likeness (QED) is 0.168. The number of aryl methyl sites for hydroxylation is 1. The number of rotatable bonds is 9. The summed E-state index contributed by atoms with van der Waals surface area (Å²) < 4.78 is 65.9. The van der Waals surface area contributed by atoms with Crippen LogP contribution in [0.1, 0.15) is 59.4 Å². The number of nitrogens with zero attached hydrogens (tertiary/aromatic N) is 3. The molecular weight excluding hydrogens is 723 g/mol. The van der Waals surface area contributed by atoms with E-state index >= 15 is 0 Å². The van der Waals surface area contributed by atoms with Crippen molar-refractivity contribution in [1.82, 2.24) is 14.7 Å². The van der Waals surface area contributed by atoms with Crippen molar-refractivity contribution >= 4 is 48.3 Å². The van der Waals surface area contributed by atoms with Gasteiger partial charge in [-0.1, -0.05) is 87.9 Å². The first-order valence-corrected chi connectivity index (χ1v) is 21.2. The molecule has 52 heavy (non-hydrogen) atoms. The summed E-state index contributed by atoms with van der Waals surface area (Å²) in [5, 5.41) is 9.94. The van der Waals surface area contributed by atoms with Crippen LogP contribution in [-0.2, 0) is 31.3 Å². The number of carboxylic acids is 1. The molecule has 0 radical (unpaired) electrons. The number of carboxylic acid groups (broad SMARTS) is 1. The van der Waals surface area contributed by atoms with Gasteiger partial charge in [0.05, 0.1) is 28.3 Å². The summed E-state index contributed by atoms with van der Waals surface area (Å²) in [6, 6.07) is 19.4. The Bertz CT molecular complexity index is 2110. The molecule has 0 fully saturated rings. The second-order valence-corrected chi connectivity index (χ2v) is 19.0. The smallest absolute Gasteiger partial charge is 0.311 e. The third-order valence-corrected chi connectivity index (χ3v) is 12.6. The number of pyridine rings is 1. The molecule has 0 spiro atoms. The highest BCUT2D eigenvalue weighted by molar-refractivity contribution is 7.92. The number of thiazole rings is 1. The summed E-state index contributed by atoms with van der Waals surface area (Å²) in [7, 11) is -8.06. The maximum absolute atomic E-state index is 13.9. The number of fused-ring (bicyclic) bond motifs is 6. The number of benzene rings is 2. The first kappa shape index (κ1) is 39.2. The van der Waals surface area contributed by atoms with Crippen molar-refractivity contribution in [2.45, 2.75) is 65.3 Å². The largest absolute Gasteiger partial charge is 0.494 e. The molecule has 1 aliphatic rings. The van der Waals surface area contributed by atoms with E-state index in [1.54, 1.807) is 17.9 Å². The fraction of sp³-hybridized carbons (Fsp3) is 0.432. The minimum absolute atomic E-state index is 0.0204. The van der Waals surface area contributed by atoms with Crippen LogP contribution >= 0.6 is 11.3 Å². The molecule has 5 rings (SSSR count). The van der Waals surface area contributed by atoms with Gasteiger partial charge in [0.25, 0.3) is 10.0 Å². The molecule has 0 amide bonds. The van der Waals surface area contributed by atoms with E-state index in [0.717, 1.165) is 28.9 Å². The molecule has 1 atom stereocenters. The zero-order valence-corrected chi connectivity index (χ0v) is 32.6. The van der Waals surface area contributed by atoms with Gasteiger partial charge in [-0.05, 0) is 67.0 Å². The van der Waals surface area contributed by atoms with Crippen LogP contribution in [0.25, 0.3) is 21.7 Å². The third-order valence-electron chi connectivity index (χ3n) is 8.85. The lowest BCUT2D eigenvalue weighted by Crippen LogP contribution is -2.45. The minimum Gasteiger partial charge on any atom is -0.494 e. The van der Waals surface area contributed by atoms with E-state index in [2.05, 4.69) is 35.2 Å². The van der Waals surface area contributed by atoms with Crippen LogP contribution in [0.2, 0.25) is 0 Å². The van der Waals surface area contributed by atoms with Gasteiger partial charge in [-0.3, -0.25) is 9.52 Å². The summed E-state index contributed by atoms with van der Waals surface area (Å²) in [5.41, 5.74) is 1.55. The fourth-order valence-electron chi connectivity index (χ4n) is 5.96. The average Bonchev–Trinajstić information content (AvgIpc) is 3.49. The minimum atomic E-state index is -4.28. The maximum atomic E-state index is 13.9. The van der Waals surface area contributed by atoms with E-state index in [-0.39, 0.29) is 53.2 Å². The van der Waals surface area contributed by atoms with E-state index in [1.807, 2.05) is 55.5 Å². The number of nitrogens with one attached hydrogen (secondary N) is 2. The van der Waals surface area contributed by atoms with Crippen LogP contribution in [0.5, 0.6) is 5.75 Å². The van der Waals surface area contributed by atoms with Crippen molar-refractivity contribution in [2.24, 2.45) is 10.8 Å². The normalized spacial score (nSPS) is 17.2. The lowest BCUT2D eigenvalue weighted by Gasteiger charge is -2.33. The summed E-state index contributed by atoms with van der Waals surface area (Å²) >= 11 is 1.15. The summed E-state index contributed by atoms with van der Waals surface area (Å²) in [6.07, 6.45) is 1.97. The molecule has 3 heterocycles. The highest BCUT2D eigenvalue weighted by Gasteiger charge is 2.35. The van der Waals surface area contributed by atoms with E-state index < -0.39 is 31.4 Å². The molecule has 280 valence electrons. The molecule has 4 aromatic rings. The predicted octanol–water partition coefficient (Wildman–Crippen LogP) is 6.66. The Morgan fingerprint density at radius 1 is 0.981 bits per heavy atom. The molecule has 4 bridgehead atoms. The average molecular weight is 770 g/mol. The Labute approximate surface area is 310 Å². The van der Waals surface area contributed by atoms with Gasteiger partial charge in [0.15, 0.2) is 10.2 Å². The van der Waals surface area contributed by atoms with Gasteiger partial charge in [-0.2, -0.15) is 8.42 Å². The predicted molar refractivity (Wildman–Crippen MR) is 206 cm³/mol. The van der Waals surface area contributed by atoms with Crippen molar-refractivity contribution in [3.8, 4) is 27.4 Å². The van der Waals surface area contributed by atoms with Crippen molar-refractivity contribution in [3.05, 3.63) is 72.3 Å². The van der Waals surface area contributed by atoms with Gasteiger partial charge in [0.2, 0.25) is 10.0 Å². The standard InChI is InChI=1S/C37H47N5O7S3/c1-6-18-37(5,34(43)44)25-42-21-20-38-51(45,46)23-17-26-11-7-8-14-29(26)32-33(27-12-9-13-28(24-27)49-22-19-36(2,3)4)50-35(40-32)41-52(47,48)31-16-10-15-30(42)39-31/h7-16,24,38H,6,17-23,25H2,1-5H3,(H,40,41)(H,43,44). The number of carbonyl (C=O) groups is 1. The SMILES string of the molecule is CCCC(C)(CN1CCNS(=O)(=O)CCc2ccccc2-c2nc(sc2-c2cccc(OCCC(C)(C)C)c2)NS(=O)(=O)c2cccc1n2)C(=O)O. The van der Waals surface area contributed by atoms with Crippen molar-refractivity contribution in [2.75, 3.05) is 41.6 Å². The van der Waals surface area contributed by atoms with E-state index in [4.69, 9.17) is 9.72 Å². The first-order valence-electron chi connectivity index (χ1n) is 17.3. The number of hydrogen-bond donors (Lipinski definition) is 3. The molecule has 15 heteroatoms. The molecule has 0 aliphatic carbocycles. The molecule has 1 aliphatic heterocycles. The first-order chi connectivity index (χ1) is 24.5. The Balaban J connectivity index is 1.61. The molecule has 0 saturated carbocycles. The van der Waals surface area contributed by atoms with E-state index in [0.29, 0.717) is 41.3 Å². The molecule has 3 N–H and O–H groups in total. The zero-order valence-electron chi connectivity index (χ0n) is 30.2. The van der Waals surface area contributed by atoms with Crippen LogP contribution in [-0.4, -0.2) is 69.9 Å². The summed E-state index contributed by atoms with van der Waals surface area (Å²) in [4.78, 5) is 23.9. The maximum Gasteiger partial charge on any atom is 0.311 e. The fourth-order valence-corrected chi connectivity index (χ4v) is 9.17. The van der Waals surface area contributed by atoms with Crippen LogP contribution in [0.15, 0.2) is 71.8 Å². The lowest BCUT2D eigenvalue weighted by molar-refractivity contribution is -0.147. The molecule has 12 nitrogen and oxygen atoms in total. The molecule has 0 saturated heterocycles. The molecule has 2 aromatic heterocycles. The Kier molecular flexibility index (Phi) is 12.0. The van der Waals surface area contributed by atoms with Gasteiger partial charge < -0.3 is 14.7 Å². The number of hydrogen-bond acceptors (Lipinski definition) is 10. The van der Waals surface area contributed by atoms with Crippen LogP contribution in [0.3, 0.4) is 0 Å². The van der Waals surface area contributed by atoms with E-state index in [1.165, 1.54) is 12.1 Å². The highest BCUT2D eigenvalue weighted by atomic mass is 32.2. The summed E-state index contributed by atoms with van der Waals surface area (Å²) in [6.45, 7) is 10.5. The van der Waals surface area contributed by atoms with Crippen molar-refractivity contribution < 1.29 is 31.5 Å². The number of aliphatic carboxylic acids is 1. The Hall–Kier alpha value is -4.05. The van der Waals surface area contributed by atoms with Gasteiger partial charge in [-0.15, -0.1) is 0 Å². The number of anilines is 2. The third kappa shape index (κ3) is 9.88. The van der Waals surface area contributed by atoms with Gasteiger partial charge in [-0.25, -0.2) is 23.1 Å². The lowest BCUT2D eigenvalue weighted by atomic mass is 9.85. The molecule has 1 unspecified atom stereocenters. The monoisotopic (exact) mass is 769 g/mol. The topological polar surface area (TPSA) is 168 Å². The molecule has 2 aromatic carbocycles. The van der Waals surface area contributed by atoms with E-state index in [9.17, 15) is 26.7 Å². The second kappa shape index (κ2) is 15.9. The Morgan fingerprint density at radius 2 is 1.73 bits per heavy atom. The number of sulfonamides is 2. The number of aromatic nitrogens is 2. The zero-order chi connectivity index (χ0) is 37.7. The van der Waals surface area contributed by atoms with Crippen LogP contribution in [0.4, 0.5) is 10.9 Å². The van der Waals surface area contributed by atoms with Gasteiger partial charge >= 0.3 is 5.97 Å². The van der Waals surface area contributed by atoms with Gasteiger partial charge in [0, 0.05) is 25.2 Å².